The molecule has 2 heterocycles. The van der Waals surface area contributed by atoms with Crippen molar-refractivity contribution < 1.29 is 13.9 Å². The quantitative estimate of drug-likeness (QED) is 0.916. The molecule has 1 N–H and O–H groups in total. The number of amides is 1. The Morgan fingerprint density at radius 1 is 1.55 bits per heavy atom. The van der Waals surface area contributed by atoms with Crippen LogP contribution in [-0.4, -0.2) is 35.7 Å². The maximum Gasteiger partial charge on any atom is 0.409 e. The van der Waals surface area contributed by atoms with Crippen LogP contribution < -0.4 is 0 Å². The van der Waals surface area contributed by atoms with E-state index in [2.05, 4.69) is 4.98 Å². The minimum Gasteiger partial charge on any atom is -0.453 e. The molecule has 0 aliphatic carbocycles. The molecule has 5 heteroatoms. The number of likely N-dealkylation sites (tertiary alicyclic amines) is 1. The summed E-state index contributed by atoms with van der Waals surface area (Å²) in [6.07, 6.45) is 4.37. The number of methoxy groups -OCH3 is 1. The molecular weight excluding hydrogens is 259 g/mol. The van der Waals surface area contributed by atoms with Gasteiger partial charge in [0.2, 0.25) is 0 Å². The second-order valence-electron chi connectivity index (χ2n) is 5.17. The molecule has 0 spiro atoms. The predicted octanol–water partition coefficient (Wildman–Crippen LogP) is 3.08. The van der Waals surface area contributed by atoms with Crippen molar-refractivity contribution in [3.63, 3.8) is 0 Å². The number of aromatic amines is 1. The molecule has 106 valence electrons. The minimum absolute atomic E-state index is 0.159. The number of nitrogens with zero attached hydrogens (tertiary/aromatic N) is 1. The van der Waals surface area contributed by atoms with E-state index in [1.807, 2.05) is 6.20 Å². The topological polar surface area (TPSA) is 45.3 Å². The zero-order valence-corrected chi connectivity index (χ0v) is 11.4. The van der Waals surface area contributed by atoms with Crippen molar-refractivity contribution in [2.45, 2.75) is 25.3 Å². The lowest BCUT2D eigenvalue weighted by Crippen LogP contribution is -2.36. The van der Waals surface area contributed by atoms with Gasteiger partial charge in [-0.2, -0.15) is 0 Å². The van der Waals surface area contributed by atoms with Crippen molar-refractivity contribution in [1.29, 1.82) is 0 Å². The smallest absolute Gasteiger partial charge is 0.409 e. The maximum atomic E-state index is 13.2. The number of rotatable bonds is 2. The Kier molecular flexibility index (Phi) is 3.34. The van der Waals surface area contributed by atoms with Gasteiger partial charge in [-0.1, -0.05) is 0 Å². The zero-order valence-electron chi connectivity index (χ0n) is 11.4. The first-order valence-corrected chi connectivity index (χ1v) is 6.79. The van der Waals surface area contributed by atoms with Crippen LogP contribution in [0.4, 0.5) is 9.18 Å². The van der Waals surface area contributed by atoms with Crippen LogP contribution in [0.3, 0.4) is 0 Å². The lowest BCUT2D eigenvalue weighted by Gasteiger charge is -2.22. The summed E-state index contributed by atoms with van der Waals surface area (Å²) in [7, 11) is 1.41. The van der Waals surface area contributed by atoms with Gasteiger partial charge < -0.3 is 14.6 Å². The summed E-state index contributed by atoms with van der Waals surface area (Å²) in [4.78, 5) is 16.6. The van der Waals surface area contributed by atoms with Crippen molar-refractivity contribution in [1.82, 2.24) is 9.88 Å². The monoisotopic (exact) mass is 276 g/mol. The second-order valence-corrected chi connectivity index (χ2v) is 5.17. The number of carbonyl (C=O) groups excluding carboxylic acids is 1. The van der Waals surface area contributed by atoms with Gasteiger partial charge >= 0.3 is 6.09 Å². The highest BCUT2D eigenvalue weighted by Gasteiger charge is 2.29. The van der Waals surface area contributed by atoms with E-state index in [1.165, 1.54) is 19.2 Å². The van der Waals surface area contributed by atoms with Gasteiger partial charge in [0.1, 0.15) is 5.82 Å². The van der Waals surface area contributed by atoms with E-state index < -0.39 is 0 Å². The average molecular weight is 276 g/mol. The van der Waals surface area contributed by atoms with E-state index in [0.29, 0.717) is 0 Å². The molecule has 1 aromatic carbocycles. The lowest BCUT2D eigenvalue weighted by atomic mass is 10.0. The number of halogens is 1. The van der Waals surface area contributed by atoms with Crippen LogP contribution in [0.1, 0.15) is 18.4 Å². The number of benzene rings is 1. The van der Waals surface area contributed by atoms with Crippen LogP contribution in [0.15, 0.2) is 24.4 Å². The number of ether oxygens (including phenoxy) is 1. The van der Waals surface area contributed by atoms with Crippen molar-refractivity contribution in [3.8, 4) is 0 Å². The third-order valence-corrected chi connectivity index (χ3v) is 3.97. The number of aromatic nitrogens is 1. The standard InChI is InChI=1S/C15H17FN2O2/c1-20-15(19)18-6-2-3-12(18)7-10-9-17-14-8-11(16)4-5-13(10)14/h4-5,8-9,12,17H,2-3,6-7H2,1H3. The Morgan fingerprint density at radius 2 is 2.40 bits per heavy atom. The fourth-order valence-corrected chi connectivity index (χ4v) is 2.99. The van der Waals surface area contributed by atoms with Gasteiger partial charge in [-0.15, -0.1) is 0 Å². The first kappa shape index (κ1) is 13.0. The van der Waals surface area contributed by atoms with E-state index >= 15 is 0 Å². The zero-order chi connectivity index (χ0) is 14.1. The number of hydrogen-bond acceptors (Lipinski definition) is 2. The molecule has 1 aromatic heterocycles. The highest BCUT2D eigenvalue weighted by molar-refractivity contribution is 5.83. The molecule has 4 nitrogen and oxygen atoms in total. The Balaban J connectivity index is 1.84. The van der Waals surface area contributed by atoms with Gasteiger partial charge in [0.15, 0.2) is 0 Å². The predicted molar refractivity (Wildman–Crippen MR) is 74.1 cm³/mol. The molecule has 0 radical (unpaired) electrons. The normalized spacial score (nSPS) is 18.7. The largest absolute Gasteiger partial charge is 0.453 e. The van der Waals surface area contributed by atoms with Crippen LogP contribution in [0.2, 0.25) is 0 Å². The van der Waals surface area contributed by atoms with Gasteiger partial charge in [-0.3, -0.25) is 0 Å². The van der Waals surface area contributed by atoms with Gasteiger partial charge in [-0.25, -0.2) is 9.18 Å². The molecule has 1 aliphatic rings. The fourth-order valence-electron chi connectivity index (χ4n) is 2.99. The van der Waals surface area contributed by atoms with Gasteiger partial charge in [0, 0.05) is 29.7 Å². The highest BCUT2D eigenvalue weighted by Crippen LogP contribution is 2.26. The third kappa shape index (κ3) is 2.24. The molecule has 0 bridgehead atoms. The number of nitrogens with one attached hydrogen (secondary N) is 1. The molecule has 0 saturated carbocycles. The van der Waals surface area contributed by atoms with Crippen molar-refractivity contribution in [3.05, 3.63) is 35.8 Å². The third-order valence-electron chi connectivity index (χ3n) is 3.97. The van der Waals surface area contributed by atoms with E-state index in [0.717, 1.165) is 42.3 Å². The van der Waals surface area contributed by atoms with Gasteiger partial charge in [-0.05, 0) is 43.0 Å². The molecule has 1 aliphatic heterocycles. The van der Waals surface area contributed by atoms with Crippen LogP contribution in [-0.2, 0) is 11.2 Å². The summed E-state index contributed by atoms with van der Waals surface area (Å²) in [6, 6.07) is 4.90. The van der Waals surface area contributed by atoms with Crippen molar-refractivity contribution in [2.24, 2.45) is 0 Å². The van der Waals surface area contributed by atoms with Gasteiger partial charge in [0.25, 0.3) is 0 Å². The Hall–Kier alpha value is -2.04. The molecule has 3 rings (SSSR count). The molecule has 1 saturated heterocycles. The highest BCUT2D eigenvalue weighted by atomic mass is 19.1. The van der Waals surface area contributed by atoms with E-state index in [4.69, 9.17) is 4.74 Å². The molecule has 2 aromatic rings. The summed E-state index contributed by atoms with van der Waals surface area (Å²) in [5.74, 6) is -0.247. The van der Waals surface area contributed by atoms with E-state index in [9.17, 15) is 9.18 Å². The Morgan fingerprint density at radius 3 is 3.20 bits per heavy atom. The first-order valence-electron chi connectivity index (χ1n) is 6.79. The number of hydrogen-bond donors (Lipinski definition) is 1. The molecule has 20 heavy (non-hydrogen) atoms. The Labute approximate surface area is 116 Å². The summed E-state index contributed by atoms with van der Waals surface area (Å²) in [6.45, 7) is 0.744. The number of fused-ring (bicyclic) bond motifs is 1. The molecule has 1 atom stereocenters. The number of H-pyrrole nitrogens is 1. The fraction of sp³-hybridized carbons (Fsp3) is 0.400. The summed E-state index contributed by atoms with van der Waals surface area (Å²) >= 11 is 0. The van der Waals surface area contributed by atoms with Crippen LogP contribution in [0.5, 0.6) is 0 Å². The number of carbonyl (C=O) groups is 1. The van der Waals surface area contributed by atoms with E-state index in [1.54, 1.807) is 11.0 Å². The average Bonchev–Trinajstić information content (AvgIpc) is 3.05. The first-order chi connectivity index (χ1) is 9.69. The SMILES string of the molecule is COC(=O)N1CCCC1Cc1c[nH]c2cc(F)ccc12. The van der Waals surface area contributed by atoms with Crippen LogP contribution in [0.25, 0.3) is 10.9 Å². The maximum absolute atomic E-state index is 13.2. The van der Waals surface area contributed by atoms with Crippen LogP contribution in [0, 0.1) is 5.82 Å². The molecule has 1 amide bonds. The summed E-state index contributed by atoms with van der Waals surface area (Å²) < 4.78 is 18.0. The Bertz CT molecular complexity index is 638. The van der Waals surface area contributed by atoms with E-state index in [-0.39, 0.29) is 18.0 Å². The van der Waals surface area contributed by atoms with Crippen molar-refractivity contribution >= 4 is 17.0 Å². The molecule has 1 unspecified atom stereocenters. The minimum atomic E-state index is -0.265. The summed E-state index contributed by atoms with van der Waals surface area (Å²) in [5.41, 5.74) is 1.91. The van der Waals surface area contributed by atoms with Crippen LogP contribution >= 0.6 is 0 Å². The second kappa shape index (κ2) is 5.15. The van der Waals surface area contributed by atoms with Crippen molar-refractivity contribution in [2.75, 3.05) is 13.7 Å². The summed E-state index contributed by atoms with van der Waals surface area (Å²) in [5, 5.41) is 1.02. The van der Waals surface area contributed by atoms with Gasteiger partial charge in [0.05, 0.1) is 7.11 Å². The molecule has 1 fully saturated rings. The molecular formula is C15H17FN2O2. The lowest BCUT2D eigenvalue weighted by molar-refractivity contribution is 0.119.